The molecule has 1 atom stereocenters. The standard InChI is InChI=1S/C13H16BrNO/c1-3-9(2)15-8-11-7-10-5-4-6-12(14)13(10)16-11/h4-7,9,15H,3,8H2,1-2H3. The Labute approximate surface area is 104 Å². The molecule has 1 aromatic heterocycles. The van der Waals surface area contributed by atoms with Gasteiger partial charge in [-0.05, 0) is 41.4 Å². The number of hydrogen-bond acceptors (Lipinski definition) is 2. The Bertz CT molecular complexity index is 478. The first-order valence-electron chi connectivity index (χ1n) is 5.61. The van der Waals surface area contributed by atoms with Gasteiger partial charge in [-0.15, -0.1) is 0 Å². The van der Waals surface area contributed by atoms with Gasteiger partial charge in [0.05, 0.1) is 11.0 Å². The molecule has 0 bridgehead atoms. The molecule has 0 saturated heterocycles. The zero-order chi connectivity index (χ0) is 11.5. The Morgan fingerprint density at radius 1 is 1.44 bits per heavy atom. The SMILES string of the molecule is CCC(C)NCc1cc2cccc(Br)c2o1. The number of rotatable bonds is 4. The molecule has 0 aliphatic rings. The highest BCUT2D eigenvalue weighted by Crippen LogP contribution is 2.26. The van der Waals surface area contributed by atoms with Crippen molar-refractivity contribution in [2.45, 2.75) is 32.9 Å². The summed E-state index contributed by atoms with van der Waals surface area (Å²) in [6.07, 6.45) is 1.13. The van der Waals surface area contributed by atoms with E-state index in [-0.39, 0.29) is 0 Å². The van der Waals surface area contributed by atoms with Gasteiger partial charge < -0.3 is 9.73 Å². The minimum absolute atomic E-state index is 0.525. The molecule has 0 fully saturated rings. The first kappa shape index (κ1) is 11.7. The van der Waals surface area contributed by atoms with E-state index in [1.165, 1.54) is 0 Å². The minimum Gasteiger partial charge on any atom is -0.459 e. The highest BCUT2D eigenvalue weighted by molar-refractivity contribution is 9.10. The van der Waals surface area contributed by atoms with Gasteiger partial charge in [-0.2, -0.15) is 0 Å². The largest absolute Gasteiger partial charge is 0.459 e. The molecule has 0 amide bonds. The van der Waals surface area contributed by atoms with Crippen LogP contribution in [-0.2, 0) is 6.54 Å². The predicted molar refractivity (Wildman–Crippen MR) is 70.5 cm³/mol. The number of fused-ring (bicyclic) bond motifs is 1. The van der Waals surface area contributed by atoms with Gasteiger partial charge in [-0.1, -0.05) is 19.1 Å². The molecule has 0 radical (unpaired) electrons. The van der Waals surface area contributed by atoms with E-state index in [9.17, 15) is 0 Å². The molecule has 3 heteroatoms. The lowest BCUT2D eigenvalue weighted by atomic mass is 10.2. The molecule has 1 heterocycles. The Morgan fingerprint density at radius 3 is 2.94 bits per heavy atom. The Balaban J connectivity index is 2.17. The van der Waals surface area contributed by atoms with Gasteiger partial charge >= 0.3 is 0 Å². The highest BCUT2D eigenvalue weighted by Gasteiger charge is 2.07. The van der Waals surface area contributed by atoms with E-state index in [0.717, 1.165) is 34.2 Å². The van der Waals surface area contributed by atoms with Crippen LogP contribution in [-0.4, -0.2) is 6.04 Å². The molecular formula is C13H16BrNO. The summed E-state index contributed by atoms with van der Waals surface area (Å²) in [7, 11) is 0. The monoisotopic (exact) mass is 281 g/mol. The summed E-state index contributed by atoms with van der Waals surface area (Å²) in [6, 6.07) is 8.70. The third kappa shape index (κ3) is 2.47. The van der Waals surface area contributed by atoms with Crippen LogP contribution in [0.15, 0.2) is 33.2 Å². The van der Waals surface area contributed by atoms with Gasteiger partial charge in [0.15, 0.2) is 0 Å². The van der Waals surface area contributed by atoms with E-state index in [1.807, 2.05) is 12.1 Å². The Kier molecular flexibility index (Phi) is 3.66. The van der Waals surface area contributed by atoms with Crippen LogP contribution in [0, 0.1) is 0 Å². The zero-order valence-corrected chi connectivity index (χ0v) is 11.2. The molecule has 2 rings (SSSR count). The van der Waals surface area contributed by atoms with Gasteiger partial charge in [0.25, 0.3) is 0 Å². The van der Waals surface area contributed by atoms with Crippen molar-refractivity contribution in [3.63, 3.8) is 0 Å². The second-order valence-corrected chi connectivity index (χ2v) is 4.92. The molecule has 1 unspecified atom stereocenters. The smallest absolute Gasteiger partial charge is 0.148 e. The first-order valence-corrected chi connectivity index (χ1v) is 6.40. The lowest BCUT2D eigenvalue weighted by Crippen LogP contribution is -2.24. The molecule has 0 spiro atoms. The fourth-order valence-corrected chi connectivity index (χ4v) is 2.05. The predicted octanol–water partition coefficient (Wildman–Crippen LogP) is 4.08. The number of nitrogens with one attached hydrogen (secondary N) is 1. The van der Waals surface area contributed by atoms with E-state index in [0.29, 0.717) is 6.04 Å². The molecular weight excluding hydrogens is 266 g/mol. The summed E-state index contributed by atoms with van der Waals surface area (Å²) in [5, 5.41) is 4.57. The second-order valence-electron chi connectivity index (χ2n) is 4.06. The van der Waals surface area contributed by atoms with E-state index in [1.54, 1.807) is 0 Å². The maximum Gasteiger partial charge on any atom is 0.148 e. The van der Waals surface area contributed by atoms with Crippen molar-refractivity contribution in [3.8, 4) is 0 Å². The second kappa shape index (κ2) is 5.02. The molecule has 16 heavy (non-hydrogen) atoms. The molecule has 1 N–H and O–H groups in total. The summed E-state index contributed by atoms with van der Waals surface area (Å²) in [5.41, 5.74) is 0.934. The van der Waals surface area contributed by atoms with Crippen LogP contribution in [0.25, 0.3) is 11.0 Å². The fraction of sp³-hybridized carbons (Fsp3) is 0.385. The highest BCUT2D eigenvalue weighted by atomic mass is 79.9. The van der Waals surface area contributed by atoms with Crippen LogP contribution in [0.3, 0.4) is 0 Å². The van der Waals surface area contributed by atoms with Gasteiger partial charge in [-0.25, -0.2) is 0 Å². The Morgan fingerprint density at radius 2 is 2.25 bits per heavy atom. The zero-order valence-electron chi connectivity index (χ0n) is 9.59. The third-order valence-corrected chi connectivity index (χ3v) is 3.41. The summed E-state index contributed by atoms with van der Waals surface area (Å²) in [4.78, 5) is 0. The van der Waals surface area contributed by atoms with Crippen molar-refractivity contribution in [1.82, 2.24) is 5.32 Å². The lowest BCUT2D eigenvalue weighted by molar-refractivity contribution is 0.467. The van der Waals surface area contributed by atoms with Crippen molar-refractivity contribution < 1.29 is 4.42 Å². The number of hydrogen-bond donors (Lipinski definition) is 1. The average molecular weight is 282 g/mol. The lowest BCUT2D eigenvalue weighted by Gasteiger charge is -2.08. The Hall–Kier alpha value is -0.800. The van der Waals surface area contributed by atoms with Crippen LogP contribution in [0.5, 0.6) is 0 Å². The van der Waals surface area contributed by atoms with Crippen LogP contribution in [0.4, 0.5) is 0 Å². The van der Waals surface area contributed by atoms with Crippen LogP contribution >= 0.6 is 15.9 Å². The van der Waals surface area contributed by atoms with Crippen LogP contribution in [0.1, 0.15) is 26.0 Å². The maximum absolute atomic E-state index is 5.78. The third-order valence-electron chi connectivity index (χ3n) is 2.78. The summed E-state index contributed by atoms with van der Waals surface area (Å²) >= 11 is 3.49. The minimum atomic E-state index is 0.525. The van der Waals surface area contributed by atoms with Gasteiger partial charge in [0, 0.05) is 11.4 Å². The fourth-order valence-electron chi connectivity index (χ4n) is 1.59. The molecule has 2 nitrogen and oxygen atoms in total. The van der Waals surface area contributed by atoms with Gasteiger partial charge in [-0.3, -0.25) is 0 Å². The van der Waals surface area contributed by atoms with E-state index < -0.39 is 0 Å². The molecule has 2 aromatic rings. The van der Waals surface area contributed by atoms with Crippen molar-refractivity contribution in [2.24, 2.45) is 0 Å². The van der Waals surface area contributed by atoms with Gasteiger partial charge in [0.1, 0.15) is 11.3 Å². The molecule has 86 valence electrons. The van der Waals surface area contributed by atoms with E-state index >= 15 is 0 Å². The van der Waals surface area contributed by atoms with Crippen molar-refractivity contribution >= 4 is 26.9 Å². The number of furan rings is 1. The average Bonchev–Trinajstić information content (AvgIpc) is 2.70. The number of benzene rings is 1. The summed E-state index contributed by atoms with van der Waals surface area (Å²) in [5.74, 6) is 0.988. The normalized spacial score (nSPS) is 13.2. The number of halogens is 1. The van der Waals surface area contributed by atoms with E-state index in [2.05, 4.69) is 47.2 Å². The van der Waals surface area contributed by atoms with Crippen molar-refractivity contribution in [3.05, 3.63) is 34.5 Å². The number of para-hydroxylation sites is 1. The van der Waals surface area contributed by atoms with E-state index in [4.69, 9.17) is 4.42 Å². The van der Waals surface area contributed by atoms with Crippen molar-refractivity contribution in [1.29, 1.82) is 0 Å². The first-order chi connectivity index (χ1) is 7.70. The van der Waals surface area contributed by atoms with Crippen molar-refractivity contribution in [2.75, 3.05) is 0 Å². The summed E-state index contributed by atoms with van der Waals surface area (Å²) < 4.78 is 6.80. The topological polar surface area (TPSA) is 25.2 Å². The molecule has 0 saturated carbocycles. The maximum atomic E-state index is 5.78. The molecule has 1 aromatic carbocycles. The quantitative estimate of drug-likeness (QED) is 0.914. The molecule has 0 aliphatic heterocycles. The van der Waals surface area contributed by atoms with Crippen LogP contribution in [0.2, 0.25) is 0 Å². The summed E-state index contributed by atoms with van der Waals surface area (Å²) in [6.45, 7) is 5.14. The van der Waals surface area contributed by atoms with Gasteiger partial charge in [0.2, 0.25) is 0 Å². The molecule has 0 aliphatic carbocycles. The van der Waals surface area contributed by atoms with Crippen LogP contribution < -0.4 is 5.32 Å².